The largest absolute Gasteiger partial charge is 0.377 e. The van der Waals surface area contributed by atoms with Crippen LogP contribution in [-0.2, 0) is 27.9 Å². The minimum absolute atomic E-state index is 0.0323. The van der Waals surface area contributed by atoms with Crippen LogP contribution in [0.15, 0.2) is 59.4 Å². The number of fused-ring (bicyclic) bond motifs is 4. The van der Waals surface area contributed by atoms with Gasteiger partial charge in [0.25, 0.3) is 0 Å². The van der Waals surface area contributed by atoms with Crippen molar-refractivity contribution >= 4 is 57.6 Å². The van der Waals surface area contributed by atoms with Gasteiger partial charge in [0.05, 0.1) is 22.1 Å². The lowest BCUT2D eigenvalue weighted by Gasteiger charge is -2.55. The van der Waals surface area contributed by atoms with Gasteiger partial charge in [-0.3, -0.25) is 34.2 Å². The summed E-state index contributed by atoms with van der Waals surface area (Å²) < 4.78 is 19.4. The Morgan fingerprint density at radius 2 is 1.67 bits per heavy atom. The van der Waals surface area contributed by atoms with Gasteiger partial charge in [0.2, 0.25) is 17.7 Å². The first kappa shape index (κ1) is 46.8. The van der Waals surface area contributed by atoms with Crippen LogP contribution in [0.5, 0.6) is 0 Å². The quantitative estimate of drug-likeness (QED) is 0.0455. The van der Waals surface area contributed by atoms with Gasteiger partial charge in [0.15, 0.2) is 0 Å². The molecular formula is C51H64Cl2FN7O5. The average molecular weight is 945 g/mol. The molecular weight excluding hydrogens is 881 g/mol. The van der Waals surface area contributed by atoms with Gasteiger partial charge in [-0.25, -0.2) is 9.18 Å². The number of halogens is 3. The summed E-state index contributed by atoms with van der Waals surface area (Å²) in [6.07, 6.45) is 15.3. The number of piperidine rings is 1. The van der Waals surface area contributed by atoms with Crippen molar-refractivity contribution in [2.75, 3.05) is 32.2 Å². The molecule has 3 amide bonds. The molecule has 1 aromatic heterocycles. The monoisotopic (exact) mass is 943 g/mol. The Kier molecular flexibility index (Phi) is 13.5. The molecule has 6 aliphatic rings. The van der Waals surface area contributed by atoms with E-state index in [4.69, 9.17) is 23.2 Å². The van der Waals surface area contributed by atoms with Crippen molar-refractivity contribution in [2.45, 2.75) is 144 Å². The molecule has 10 rings (SSSR count). The summed E-state index contributed by atoms with van der Waals surface area (Å²) in [5.74, 6) is -2.16. The third-order valence-electron chi connectivity index (χ3n) is 16.3. The average Bonchev–Trinajstić information content (AvgIpc) is 3.74. The maximum absolute atomic E-state index is 16.3. The van der Waals surface area contributed by atoms with Crippen molar-refractivity contribution in [3.8, 4) is 0 Å². The molecule has 4 atom stereocenters. The number of imidazole rings is 1. The second kappa shape index (κ2) is 19.0. The number of nitrogens with zero attached hydrogens (tertiary/aromatic N) is 3. The number of anilines is 1. The number of nitrogens with one attached hydrogen (secondary N) is 4. The second-order valence-electron chi connectivity index (χ2n) is 20.4. The molecule has 4 aliphatic carbocycles. The molecule has 66 heavy (non-hydrogen) atoms. The van der Waals surface area contributed by atoms with E-state index in [0.717, 1.165) is 126 Å². The van der Waals surface area contributed by atoms with Gasteiger partial charge < -0.3 is 20.6 Å². The van der Waals surface area contributed by atoms with Crippen LogP contribution in [0.3, 0.4) is 0 Å². The van der Waals surface area contributed by atoms with Crippen molar-refractivity contribution in [1.82, 2.24) is 30.0 Å². The highest BCUT2D eigenvalue weighted by atomic mass is 35.5. The van der Waals surface area contributed by atoms with Crippen molar-refractivity contribution in [2.24, 2.45) is 12.5 Å². The summed E-state index contributed by atoms with van der Waals surface area (Å²) >= 11 is 13.0. The standard InChI is InChI=1S/C51H64Cl2FN7O5/c1-59(27-8-3-5-10-32-13-16-38-40(28-32)60(2)48(66)61(38)39-17-18-41(63)56-46(39)64)30-49-21-24-50(25-22-49,26-23-49)58-47(65)45-42(35-11-9-12-36(53)44(35)54)43(51(57-45)19-6-4-7-20-51)34-15-14-33(52)29-37(34)55-31-62/h9,11-16,28-29,39,42-43,45,55,57,62H,3-8,10,17-27,30-31H2,1-2H3,(H,58,65)(H,56,63,64)/t39?,42-,43-,45-,49?,50?/m1/s1. The summed E-state index contributed by atoms with van der Waals surface area (Å²) in [7, 11) is 3.96. The lowest BCUT2D eigenvalue weighted by molar-refractivity contribution is -0.135. The van der Waals surface area contributed by atoms with Crippen LogP contribution in [0.25, 0.3) is 11.0 Å². The molecule has 3 aromatic carbocycles. The Bertz CT molecular complexity index is 2530. The van der Waals surface area contributed by atoms with E-state index in [0.29, 0.717) is 28.2 Å². The van der Waals surface area contributed by atoms with Gasteiger partial charge >= 0.3 is 5.69 Å². The zero-order valence-electron chi connectivity index (χ0n) is 38.2. The fraction of sp³-hybridized carbons (Fsp3) is 0.569. The molecule has 15 heteroatoms. The number of hydrogen-bond acceptors (Lipinski definition) is 8. The Labute approximate surface area is 396 Å². The minimum Gasteiger partial charge on any atom is -0.377 e. The van der Waals surface area contributed by atoms with Gasteiger partial charge in [0.1, 0.15) is 18.6 Å². The van der Waals surface area contributed by atoms with Crippen LogP contribution in [0.1, 0.15) is 137 Å². The highest BCUT2D eigenvalue weighted by Crippen LogP contribution is 2.57. The number of aliphatic hydroxyl groups is 1. The molecule has 2 aliphatic heterocycles. The van der Waals surface area contributed by atoms with E-state index in [9.17, 15) is 24.3 Å². The van der Waals surface area contributed by atoms with Gasteiger partial charge in [0, 0.05) is 53.6 Å². The van der Waals surface area contributed by atoms with Crippen LogP contribution < -0.4 is 27.0 Å². The maximum Gasteiger partial charge on any atom is 0.329 e. The summed E-state index contributed by atoms with van der Waals surface area (Å²) in [6.45, 7) is 1.74. The predicted octanol–water partition coefficient (Wildman–Crippen LogP) is 8.22. The Morgan fingerprint density at radius 3 is 2.39 bits per heavy atom. The van der Waals surface area contributed by atoms with Crippen molar-refractivity contribution in [3.63, 3.8) is 0 Å². The van der Waals surface area contributed by atoms with E-state index in [1.54, 1.807) is 35.9 Å². The third-order valence-corrected chi connectivity index (χ3v) is 16.8. The molecule has 3 heterocycles. The number of carbonyl (C=O) groups is 3. The summed E-state index contributed by atoms with van der Waals surface area (Å²) in [5.41, 5.74) is 3.85. The van der Waals surface area contributed by atoms with E-state index in [1.807, 2.05) is 24.3 Å². The molecule has 1 unspecified atom stereocenters. The zero-order chi connectivity index (χ0) is 46.4. The first-order valence-electron chi connectivity index (χ1n) is 24.1. The van der Waals surface area contributed by atoms with Crippen LogP contribution in [0, 0.1) is 11.2 Å². The van der Waals surface area contributed by atoms with E-state index in [-0.39, 0.29) is 52.6 Å². The number of aromatic nitrogens is 2. The highest BCUT2D eigenvalue weighted by Gasteiger charge is 2.58. The predicted molar refractivity (Wildman–Crippen MR) is 256 cm³/mol. The summed E-state index contributed by atoms with van der Waals surface area (Å²) in [6, 6.07) is 15.4. The van der Waals surface area contributed by atoms with Crippen molar-refractivity contribution < 1.29 is 23.9 Å². The summed E-state index contributed by atoms with van der Waals surface area (Å²) in [5, 5.41) is 23.6. The molecule has 0 radical (unpaired) electrons. The number of hydrogen-bond donors (Lipinski definition) is 5. The van der Waals surface area contributed by atoms with Crippen molar-refractivity contribution in [3.05, 3.63) is 97.6 Å². The van der Waals surface area contributed by atoms with Crippen LogP contribution in [0.4, 0.5) is 10.1 Å². The van der Waals surface area contributed by atoms with E-state index in [1.165, 1.54) is 4.57 Å². The van der Waals surface area contributed by atoms with Gasteiger partial charge in [-0.1, -0.05) is 73.2 Å². The zero-order valence-corrected chi connectivity index (χ0v) is 39.7. The second-order valence-corrected chi connectivity index (χ2v) is 21.2. The minimum atomic E-state index is -0.698. The Morgan fingerprint density at radius 1 is 0.909 bits per heavy atom. The van der Waals surface area contributed by atoms with E-state index < -0.39 is 35.3 Å². The van der Waals surface area contributed by atoms with Gasteiger partial charge in [-0.15, -0.1) is 0 Å². The molecule has 2 saturated heterocycles. The maximum atomic E-state index is 16.3. The van der Waals surface area contributed by atoms with Crippen LogP contribution in [0.2, 0.25) is 10.0 Å². The molecule has 5 N–H and O–H groups in total. The Hall–Kier alpha value is -4.27. The van der Waals surface area contributed by atoms with Gasteiger partial charge in [-0.05, 0) is 143 Å². The normalized spacial score (nSPS) is 27.2. The number of benzene rings is 3. The number of imide groups is 1. The molecule has 12 nitrogen and oxygen atoms in total. The Balaban J connectivity index is 0.819. The molecule has 6 fully saturated rings. The van der Waals surface area contributed by atoms with Crippen LogP contribution >= 0.6 is 23.2 Å². The summed E-state index contributed by atoms with van der Waals surface area (Å²) in [4.78, 5) is 55.0. The van der Waals surface area contributed by atoms with Gasteiger partial charge in [-0.2, -0.15) is 0 Å². The molecule has 4 aromatic rings. The molecule has 4 saturated carbocycles. The number of amides is 3. The smallest absolute Gasteiger partial charge is 0.329 e. The lowest BCUT2D eigenvalue weighted by atomic mass is 9.57. The van der Waals surface area contributed by atoms with Crippen molar-refractivity contribution in [1.29, 1.82) is 0 Å². The first-order valence-corrected chi connectivity index (χ1v) is 24.9. The molecule has 354 valence electrons. The fourth-order valence-electron chi connectivity index (χ4n) is 12.9. The van der Waals surface area contributed by atoms with Crippen LogP contribution in [-0.4, -0.2) is 80.8 Å². The number of unbranched alkanes of at least 4 members (excludes halogenated alkanes) is 2. The molecule has 1 spiro atoms. The van der Waals surface area contributed by atoms with E-state index in [2.05, 4.69) is 39.3 Å². The van der Waals surface area contributed by atoms with E-state index >= 15 is 4.39 Å². The first-order chi connectivity index (χ1) is 31.7. The lowest BCUT2D eigenvalue weighted by Crippen LogP contribution is -2.61. The fourth-order valence-corrected chi connectivity index (χ4v) is 13.3. The number of rotatable bonds is 15. The SMILES string of the molecule is CN(CCCCCc1ccc2c(c1)n(C)c(=O)n2C1CCC(=O)NC1=O)CC12CCC(NC(=O)[C@@H]3NC4(CCCCC4)[C@H](c4ccc(Cl)cc4NCO)[C@H]3c3cccc(Cl)c3F)(CC1)CC2. The number of carbonyl (C=O) groups excluding carboxylic acids is 3. The number of aryl methyl sites for hydroxylation is 2. The topological polar surface area (TPSA) is 150 Å². The number of aliphatic hydroxyl groups excluding tert-OH is 1. The highest BCUT2D eigenvalue weighted by molar-refractivity contribution is 6.31. The third kappa shape index (κ3) is 8.95. The molecule has 2 bridgehead atoms.